The second kappa shape index (κ2) is 13.0. The third-order valence-corrected chi connectivity index (χ3v) is 16.0. The quantitative estimate of drug-likeness (QED) is 0.177. The molecule has 12 aromatic rings. The average molecular weight is 851 g/mol. The number of nitrogens with zero attached hydrogens (tertiary/aromatic N) is 4. The van der Waals surface area contributed by atoms with E-state index in [1.54, 1.807) is 0 Å². The summed E-state index contributed by atoms with van der Waals surface area (Å²) in [5.74, 6) is 1.49. The Morgan fingerprint density at radius 3 is 1.62 bits per heavy atom. The average Bonchev–Trinajstić information content (AvgIpc) is 4.04. The Kier molecular flexibility index (Phi) is 7.37. The van der Waals surface area contributed by atoms with Gasteiger partial charge in [0.25, 0.3) is 0 Å². The van der Waals surface area contributed by atoms with Crippen molar-refractivity contribution < 1.29 is 0 Å². The third-order valence-electron chi connectivity index (χ3n) is 14.8. The molecule has 0 atom stereocenters. The first-order valence-electron chi connectivity index (χ1n) is 22.6. The summed E-state index contributed by atoms with van der Waals surface area (Å²) in [6.07, 6.45) is 0. The molecular weight excluding hydrogens is 809 g/mol. The number of para-hydroxylation sites is 2. The van der Waals surface area contributed by atoms with E-state index in [0.29, 0.717) is 5.95 Å². The molecule has 0 bridgehead atoms. The van der Waals surface area contributed by atoms with E-state index in [9.17, 15) is 0 Å². The fourth-order valence-electron chi connectivity index (χ4n) is 11.9. The molecule has 0 spiro atoms. The first-order chi connectivity index (χ1) is 31.8. The molecule has 0 aliphatic heterocycles. The number of fused-ring (bicyclic) bond motifs is 17. The molecule has 0 fully saturated rings. The van der Waals surface area contributed by atoms with Crippen molar-refractivity contribution in [3.8, 4) is 28.1 Å². The van der Waals surface area contributed by atoms with Crippen LogP contribution in [0.2, 0.25) is 0 Å². The lowest BCUT2D eigenvalue weighted by atomic mass is 9.82. The van der Waals surface area contributed by atoms with Gasteiger partial charge < -0.3 is 0 Å². The monoisotopic (exact) mass is 850 g/mol. The lowest BCUT2D eigenvalue weighted by molar-refractivity contribution is 0.660. The minimum absolute atomic E-state index is 0.197. The molecule has 308 valence electrons. The van der Waals surface area contributed by atoms with Crippen LogP contribution in [0, 0.1) is 0 Å². The van der Waals surface area contributed by atoms with Crippen LogP contribution in [0.25, 0.3) is 91.7 Å². The number of hydrogen-bond acceptors (Lipinski definition) is 4. The fraction of sp³-hybridized carbons (Fsp3) is 0.100. The van der Waals surface area contributed by atoms with E-state index in [1.807, 2.05) is 11.3 Å². The van der Waals surface area contributed by atoms with Crippen LogP contribution in [0.15, 0.2) is 182 Å². The second-order valence-corrected chi connectivity index (χ2v) is 19.9. The Morgan fingerprint density at radius 1 is 0.446 bits per heavy atom. The molecule has 0 amide bonds. The number of thiophene rings is 1. The first-order valence-corrected chi connectivity index (χ1v) is 23.4. The summed E-state index contributed by atoms with van der Waals surface area (Å²) in [4.78, 5) is 14.0. The summed E-state index contributed by atoms with van der Waals surface area (Å²) < 4.78 is 5.00. The van der Waals surface area contributed by atoms with Gasteiger partial charge in [-0.1, -0.05) is 173 Å². The highest BCUT2D eigenvalue weighted by molar-refractivity contribution is 7.27. The molecule has 0 unspecified atom stereocenters. The van der Waals surface area contributed by atoms with Gasteiger partial charge in [-0.25, -0.2) is 4.98 Å². The van der Waals surface area contributed by atoms with Crippen molar-refractivity contribution in [1.82, 2.24) is 14.5 Å². The molecule has 0 radical (unpaired) electrons. The van der Waals surface area contributed by atoms with Crippen molar-refractivity contribution in [2.75, 3.05) is 4.90 Å². The zero-order valence-corrected chi connectivity index (χ0v) is 37.3. The topological polar surface area (TPSA) is 34.0 Å². The van der Waals surface area contributed by atoms with Gasteiger partial charge in [0.15, 0.2) is 5.82 Å². The molecule has 3 aromatic heterocycles. The fourth-order valence-corrected chi connectivity index (χ4v) is 13.1. The SMILES string of the molecule is CC1(C)c2ccccc2-c2c(N(c3nc(-n4c5ccccc5c5c6ccccc6c6c7ccccc7sc6c54)c4ccccc4n3)c3cccc4c3-c3ccccc3C4(C)C)cccc21. The molecular formula is C60H42N4S. The summed E-state index contributed by atoms with van der Waals surface area (Å²) in [6, 6.07) is 66.9. The van der Waals surface area contributed by atoms with Crippen LogP contribution in [-0.2, 0) is 10.8 Å². The summed E-state index contributed by atoms with van der Waals surface area (Å²) in [5.41, 5.74) is 15.1. The second-order valence-electron chi connectivity index (χ2n) is 18.9. The molecule has 3 heterocycles. The van der Waals surface area contributed by atoms with Crippen molar-refractivity contribution in [1.29, 1.82) is 0 Å². The summed E-state index contributed by atoms with van der Waals surface area (Å²) in [5, 5.41) is 8.54. The summed E-state index contributed by atoms with van der Waals surface area (Å²) in [7, 11) is 0. The van der Waals surface area contributed by atoms with Crippen LogP contribution in [-0.4, -0.2) is 14.5 Å². The van der Waals surface area contributed by atoms with Crippen LogP contribution < -0.4 is 4.90 Å². The Bertz CT molecular complexity index is 3930. The molecule has 4 nitrogen and oxygen atoms in total. The van der Waals surface area contributed by atoms with Crippen molar-refractivity contribution in [3.05, 3.63) is 204 Å². The number of hydrogen-bond donors (Lipinski definition) is 0. The van der Waals surface area contributed by atoms with E-state index in [1.165, 1.54) is 91.7 Å². The highest BCUT2D eigenvalue weighted by Crippen LogP contribution is 2.58. The van der Waals surface area contributed by atoms with Gasteiger partial charge in [0.2, 0.25) is 5.95 Å². The smallest absolute Gasteiger partial charge is 0.237 e. The summed E-state index contributed by atoms with van der Waals surface area (Å²) >= 11 is 1.88. The Labute approximate surface area is 380 Å². The van der Waals surface area contributed by atoms with Gasteiger partial charge in [0.1, 0.15) is 0 Å². The normalized spacial score (nSPS) is 14.4. The number of aromatic nitrogens is 3. The Hall–Kier alpha value is -7.60. The van der Waals surface area contributed by atoms with Crippen LogP contribution in [0.3, 0.4) is 0 Å². The lowest BCUT2D eigenvalue weighted by Crippen LogP contribution is -2.19. The van der Waals surface area contributed by atoms with Gasteiger partial charge >= 0.3 is 0 Å². The summed E-state index contributed by atoms with van der Waals surface area (Å²) in [6.45, 7) is 9.43. The molecule has 0 N–H and O–H groups in total. The van der Waals surface area contributed by atoms with Gasteiger partial charge in [-0.2, -0.15) is 4.98 Å². The maximum atomic E-state index is 5.96. The van der Waals surface area contributed by atoms with Crippen LogP contribution in [0.4, 0.5) is 17.3 Å². The third kappa shape index (κ3) is 4.80. The van der Waals surface area contributed by atoms with E-state index in [-0.39, 0.29) is 10.8 Å². The Morgan fingerprint density at radius 2 is 0.954 bits per heavy atom. The largest absolute Gasteiger partial charge is 0.292 e. The molecule has 14 rings (SSSR count). The predicted octanol–water partition coefficient (Wildman–Crippen LogP) is 16.3. The van der Waals surface area contributed by atoms with E-state index in [4.69, 9.17) is 9.97 Å². The van der Waals surface area contributed by atoms with Crippen molar-refractivity contribution >= 4 is 92.3 Å². The number of rotatable bonds is 4. The van der Waals surface area contributed by atoms with Crippen LogP contribution in [0.5, 0.6) is 0 Å². The van der Waals surface area contributed by atoms with E-state index >= 15 is 0 Å². The Balaban J connectivity index is 1.15. The standard InChI is InChI=1S/C60H42N4S/c1-59(2)42-26-12-7-21-37(42)53-44(59)28-17-32-48(53)63(49-33-18-29-45-54(49)38-22-8-13-27-43(38)60(45,3)4)58-61-46-30-14-9-23-39(46)57(62-58)64-47-31-15-10-24-40(47)51-35-19-5-6-20-36(35)52-41-25-11-16-34-50(41)65-56(52)55(51)64/h5-34H,1-4H3. The molecule has 0 saturated heterocycles. The van der Waals surface area contributed by atoms with Crippen molar-refractivity contribution in [2.24, 2.45) is 0 Å². The van der Waals surface area contributed by atoms with E-state index < -0.39 is 0 Å². The van der Waals surface area contributed by atoms with Crippen molar-refractivity contribution in [2.45, 2.75) is 38.5 Å². The molecule has 9 aromatic carbocycles. The van der Waals surface area contributed by atoms with E-state index in [0.717, 1.165) is 33.6 Å². The molecule has 65 heavy (non-hydrogen) atoms. The van der Waals surface area contributed by atoms with Crippen molar-refractivity contribution in [3.63, 3.8) is 0 Å². The minimum atomic E-state index is -0.197. The predicted molar refractivity (Wildman–Crippen MR) is 274 cm³/mol. The lowest BCUT2D eigenvalue weighted by Gasteiger charge is -2.30. The first kappa shape index (κ1) is 36.8. The zero-order valence-electron chi connectivity index (χ0n) is 36.5. The number of anilines is 3. The van der Waals surface area contributed by atoms with Crippen LogP contribution >= 0.6 is 11.3 Å². The highest BCUT2D eigenvalue weighted by atomic mass is 32.1. The van der Waals surface area contributed by atoms with Gasteiger partial charge in [-0.3, -0.25) is 9.47 Å². The highest BCUT2D eigenvalue weighted by Gasteiger charge is 2.41. The maximum absolute atomic E-state index is 5.96. The molecule has 0 saturated carbocycles. The maximum Gasteiger partial charge on any atom is 0.237 e. The number of benzene rings is 9. The molecule has 2 aliphatic rings. The molecule has 2 aliphatic carbocycles. The molecule has 5 heteroatoms. The van der Waals surface area contributed by atoms with Gasteiger partial charge in [-0.15, -0.1) is 11.3 Å². The van der Waals surface area contributed by atoms with E-state index in [2.05, 4.69) is 219 Å². The van der Waals surface area contributed by atoms with Gasteiger partial charge in [-0.05, 0) is 80.6 Å². The van der Waals surface area contributed by atoms with Gasteiger partial charge in [0, 0.05) is 53.6 Å². The zero-order chi connectivity index (χ0) is 43.3. The van der Waals surface area contributed by atoms with Crippen LogP contribution in [0.1, 0.15) is 49.9 Å². The van der Waals surface area contributed by atoms with Gasteiger partial charge in [0.05, 0.1) is 32.6 Å². The minimum Gasteiger partial charge on any atom is -0.292 e.